The van der Waals surface area contributed by atoms with Gasteiger partial charge in [-0.25, -0.2) is 0 Å². The summed E-state index contributed by atoms with van der Waals surface area (Å²) in [6.45, 7) is 0. The molecule has 0 bridgehead atoms. The van der Waals surface area contributed by atoms with E-state index in [1.165, 1.54) is 0 Å². The second-order valence-corrected chi connectivity index (χ2v) is 4.84. The van der Waals surface area contributed by atoms with Crippen LogP contribution < -0.4 is 10.6 Å². The van der Waals surface area contributed by atoms with Crippen LogP contribution in [0, 0.1) is 0 Å². The topological polar surface area (TPSA) is 58.2 Å². The number of hydrogen-bond acceptors (Lipinski definition) is 2. The van der Waals surface area contributed by atoms with Crippen LogP contribution in [0.5, 0.6) is 0 Å². The van der Waals surface area contributed by atoms with Crippen LogP contribution in [0.25, 0.3) is 0 Å². The zero-order valence-corrected chi connectivity index (χ0v) is 9.63. The standard InChI is InChI=1S/C12H20N2O2/c15-11-7-3-1-5-9(13-11)10-6-2-4-8-12(16)14-10/h9-10H,1-8H2,(H,13,15)(H,14,16). The highest BCUT2D eigenvalue weighted by molar-refractivity contribution is 5.78. The Morgan fingerprint density at radius 2 is 1.19 bits per heavy atom. The highest BCUT2D eigenvalue weighted by Crippen LogP contribution is 2.18. The Hall–Kier alpha value is -1.06. The lowest BCUT2D eigenvalue weighted by Gasteiger charge is -2.26. The molecule has 0 aromatic rings. The highest BCUT2D eigenvalue weighted by Gasteiger charge is 2.27. The van der Waals surface area contributed by atoms with Gasteiger partial charge in [-0.2, -0.15) is 0 Å². The minimum atomic E-state index is 0.140. The van der Waals surface area contributed by atoms with Crippen LogP contribution in [0.15, 0.2) is 0 Å². The average Bonchev–Trinajstić information content (AvgIpc) is 2.58. The van der Waals surface area contributed by atoms with E-state index in [9.17, 15) is 9.59 Å². The lowest BCUT2D eigenvalue weighted by Crippen LogP contribution is -2.50. The van der Waals surface area contributed by atoms with Gasteiger partial charge in [0, 0.05) is 24.9 Å². The molecule has 0 aromatic heterocycles. The Morgan fingerprint density at radius 3 is 1.62 bits per heavy atom. The summed E-state index contributed by atoms with van der Waals surface area (Å²) in [6.07, 6.45) is 7.37. The van der Waals surface area contributed by atoms with E-state index in [2.05, 4.69) is 10.6 Å². The first-order chi connectivity index (χ1) is 7.75. The van der Waals surface area contributed by atoms with Gasteiger partial charge in [0.05, 0.1) is 0 Å². The van der Waals surface area contributed by atoms with Crippen molar-refractivity contribution in [2.45, 2.75) is 63.5 Å². The number of carbonyl (C=O) groups excluding carboxylic acids is 2. The summed E-state index contributed by atoms with van der Waals surface area (Å²) < 4.78 is 0. The molecule has 0 radical (unpaired) electrons. The van der Waals surface area contributed by atoms with Crippen LogP contribution in [-0.2, 0) is 9.59 Å². The van der Waals surface area contributed by atoms with E-state index in [0.717, 1.165) is 38.5 Å². The molecule has 2 unspecified atom stereocenters. The van der Waals surface area contributed by atoms with Crippen molar-refractivity contribution in [2.24, 2.45) is 0 Å². The molecule has 0 spiro atoms. The monoisotopic (exact) mass is 224 g/mol. The van der Waals surface area contributed by atoms with E-state index in [1.54, 1.807) is 0 Å². The Labute approximate surface area is 96.2 Å². The van der Waals surface area contributed by atoms with E-state index < -0.39 is 0 Å². The van der Waals surface area contributed by atoms with Crippen molar-refractivity contribution in [3.63, 3.8) is 0 Å². The van der Waals surface area contributed by atoms with Gasteiger partial charge in [-0.05, 0) is 25.7 Å². The minimum absolute atomic E-state index is 0.140. The lowest BCUT2D eigenvalue weighted by atomic mass is 9.99. The van der Waals surface area contributed by atoms with Gasteiger partial charge in [-0.1, -0.05) is 12.8 Å². The molecular weight excluding hydrogens is 204 g/mol. The normalized spacial score (nSPS) is 32.2. The second-order valence-electron chi connectivity index (χ2n) is 4.84. The number of nitrogens with one attached hydrogen (secondary N) is 2. The summed E-state index contributed by atoms with van der Waals surface area (Å²) >= 11 is 0. The molecule has 2 aliphatic rings. The van der Waals surface area contributed by atoms with Crippen molar-refractivity contribution >= 4 is 11.8 Å². The summed E-state index contributed by atoms with van der Waals surface area (Å²) in [7, 11) is 0. The van der Waals surface area contributed by atoms with E-state index in [1.807, 2.05) is 0 Å². The third kappa shape index (κ3) is 2.97. The molecule has 2 rings (SSSR count). The van der Waals surface area contributed by atoms with Gasteiger partial charge in [0.25, 0.3) is 0 Å². The molecular formula is C12H20N2O2. The maximum absolute atomic E-state index is 11.5. The van der Waals surface area contributed by atoms with E-state index in [-0.39, 0.29) is 23.9 Å². The van der Waals surface area contributed by atoms with Crippen molar-refractivity contribution in [1.29, 1.82) is 0 Å². The second kappa shape index (κ2) is 5.32. The van der Waals surface area contributed by atoms with Crippen LogP contribution >= 0.6 is 0 Å². The van der Waals surface area contributed by atoms with Crippen molar-refractivity contribution < 1.29 is 9.59 Å². The number of hydrogen-bond donors (Lipinski definition) is 2. The molecule has 4 heteroatoms. The maximum atomic E-state index is 11.5. The van der Waals surface area contributed by atoms with Crippen molar-refractivity contribution in [3.05, 3.63) is 0 Å². The van der Waals surface area contributed by atoms with Crippen LogP contribution in [0.1, 0.15) is 51.4 Å². The number of amides is 2. The van der Waals surface area contributed by atoms with Crippen molar-refractivity contribution in [2.75, 3.05) is 0 Å². The van der Waals surface area contributed by atoms with Gasteiger partial charge < -0.3 is 10.6 Å². The minimum Gasteiger partial charge on any atom is -0.351 e. The zero-order chi connectivity index (χ0) is 11.4. The van der Waals surface area contributed by atoms with E-state index >= 15 is 0 Å². The van der Waals surface area contributed by atoms with Gasteiger partial charge in [0.1, 0.15) is 0 Å². The van der Waals surface area contributed by atoms with Crippen LogP contribution in [0.4, 0.5) is 0 Å². The Morgan fingerprint density at radius 1 is 0.750 bits per heavy atom. The smallest absolute Gasteiger partial charge is 0.220 e. The first kappa shape index (κ1) is 11.4. The van der Waals surface area contributed by atoms with Crippen LogP contribution in [0.2, 0.25) is 0 Å². The molecule has 2 atom stereocenters. The Bertz CT molecular complexity index is 250. The molecule has 4 nitrogen and oxygen atoms in total. The molecule has 2 fully saturated rings. The van der Waals surface area contributed by atoms with E-state index in [0.29, 0.717) is 12.8 Å². The highest BCUT2D eigenvalue weighted by atomic mass is 16.2. The van der Waals surface area contributed by atoms with Gasteiger partial charge in [-0.15, -0.1) is 0 Å². The molecule has 2 aliphatic heterocycles. The zero-order valence-electron chi connectivity index (χ0n) is 9.63. The maximum Gasteiger partial charge on any atom is 0.220 e. The van der Waals surface area contributed by atoms with Gasteiger partial charge in [0.15, 0.2) is 0 Å². The summed E-state index contributed by atoms with van der Waals surface area (Å²) in [5, 5.41) is 6.09. The molecule has 2 N–H and O–H groups in total. The van der Waals surface area contributed by atoms with Crippen molar-refractivity contribution in [3.8, 4) is 0 Å². The molecule has 0 aliphatic carbocycles. The first-order valence-electron chi connectivity index (χ1n) is 6.34. The fourth-order valence-corrected chi connectivity index (χ4v) is 2.61. The molecule has 16 heavy (non-hydrogen) atoms. The predicted octanol–water partition coefficient (Wildman–Crippen LogP) is 1.10. The van der Waals surface area contributed by atoms with Gasteiger partial charge >= 0.3 is 0 Å². The SMILES string of the molecule is O=C1CCCCC(C2CCCCC(=O)N2)N1. The number of carbonyl (C=O) groups is 2. The Balaban J connectivity index is 1.97. The molecule has 90 valence electrons. The van der Waals surface area contributed by atoms with Crippen molar-refractivity contribution in [1.82, 2.24) is 10.6 Å². The summed E-state index contributed by atoms with van der Waals surface area (Å²) in [4.78, 5) is 23.0. The first-order valence-corrected chi connectivity index (χ1v) is 6.34. The van der Waals surface area contributed by atoms with Crippen LogP contribution in [-0.4, -0.2) is 23.9 Å². The average molecular weight is 224 g/mol. The van der Waals surface area contributed by atoms with Crippen LogP contribution in [0.3, 0.4) is 0 Å². The van der Waals surface area contributed by atoms with Gasteiger partial charge in [-0.3, -0.25) is 9.59 Å². The largest absolute Gasteiger partial charge is 0.351 e. The Kier molecular flexibility index (Phi) is 3.80. The summed E-state index contributed by atoms with van der Waals surface area (Å²) in [6, 6.07) is 0.300. The third-order valence-electron chi connectivity index (χ3n) is 3.52. The lowest BCUT2D eigenvalue weighted by molar-refractivity contribution is -0.124. The third-order valence-corrected chi connectivity index (χ3v) is 3.52. The predicted molar refractivity (Wildman–Crippen MR) is 60.8 cm³/mol. The molecule has 2 saturated heterocycles. The molecule has 0 saturated carbocycles. The van der Waals surface area contributed by atoms with E-state index in [4.69, 9.17) is 0 Å². The summed E-state index contributed by atoms with van der Waals surface area (Å²) in [5.41, 5.74) is 0. The summed E-state index contributed by atoms with van der Waals surface area (Å²) in [5.74, 6) is 0.280. The molecule has 2 heterocycles. The fourth-order valence-electron chi connectivity index (χ4n) is 2.61. The fraction of sp³-hybridized carbons (Fsp3) is 0.833. The quantitative estimate of drug-likeness (QED) is 0.701. The van der Waals surface area contributed by atoms with Gasteiger partial charge in [0.2, 0.25) is 11.8 Å². The number of rotatable bonds is 1. The molecule has 0 aromatic carbocycles. The molecule has 2 amide bonds.